The molecule has 0 unspecified atom stereocenters. The van der Waals surface area contributed by atoms with Crippen LogP contribution in [0.2, 0.25) is 0 Å². The number of imidazole rings is 1. The number of aryl methyl sites for hydroxylation is 2. The first kappa shape index (κ1) is 11.2. The quantitative estimate of drug-likeness (QED) is 0.769. The molecule has 0 saturated heterocycles. The Morgan fingerprint density at radius 2 is 2.06 bits per heavy atom. The standard InChI is InChI=1S/C13H14N4S/c1-8-3-11-12(4-9(8)2)17(7-15-11)5-10-6-18-13(14)16-10/h3-4,6-7H,5H2,1-2H3,(H2,14,16). The fourth-order valence-electron chi connectivity index (χ4n) is 2.01. The molecule has 0 atom stereocenters. The number of hydrogen-bond acceptors (Lipinski definition) is 4. The zero-order valence-corrected chi connectivity index (χ0v) is 11.2. The second-order valence-electron chi connectivity index (χ2n) is 4.47. The van der Waals surface area contributed by atoms with Gasteiger partial charge in [0.05, 0.1) is 29.6 Å². The molecule has 18 heavy (non-hydrogen) atoms. The number of hydrogen-bond donors (Lipinski definition) is 1. The largest absolute Gasteiger partial charge is 0.375 e. The minimum atomic E-state index is 0.612. The van der Waals surface area contributed by atoms with Gasteiger partial charge in [0.25, 0.3) is 0 Å². The monoisotopic (exact) mass is 258 g/mol. The Hall–Kier alpha value is -1.88. The molecule has 2 N–H and O–H groups in total. The van der Waals surface area contributed by atoms with E-state index in [4.69, 9.17) is 5.73 Å². The predicted molar refractivity (Wildman–Crippen MR) is 74.8 cm³/mol. The van der Waals surface area contributed by atoms with E-state index in [-0.39, 0.29) is 0 Å². The summed E-state index contributed by atoms with van der Waals surface area (Å²) in [6.45, 7) is 4.94. The smallest absolute Gasteiger partial charge is 0.180 e. The Kier molecular flexibility index (Phi) is 2.56. The number of anilines is 1. The van der Waals surface area contributed by atoms with E-state index in [0.717, 1.165) is 16.7 Å². The van der Waals surface area contributed by atoms with Crippen LogP contribution in [0.25, 0.3) is 11.0 Å². The Morgan fingerprint density at radius 1 is 1.28 bits per heavy atom. The molecule has 0 aliphatic heterocycles. The first-order valence-corrected chi connectivity index (χ1v) is 6.63. The van der Waals surface area contributed by atoms with Crippen LogP contribution in [0, 0.1) is 13.8 Å². The van der Waals surface area contributed by atoms with Crippen molar-refractivity contribution in [2.24, 2.45) is 0 Å². The van der Waals surface area contributed by atoms with E-state index >= 15 is 0 Å². The molecule has 0 bridgehead atoms. The van der Waals surface area contributed by atoms with Crippen LogP contribution in [-0.4, -0.2) is 14.5 Å². The minimum absolute atomic E-state index is 0.612. The molecule has 0 aliphatic carbocycles. The number of nitrogens with two attached hydrogens (primary N) is 1. The van der Waals surface area contributed by atoms with Crippen molar-refractivity contribution in [3.8, 4) is 0 Å². The van der Waals surface area contributed by atoms with Gasteiger partial charge >= 0.3 is 0 Å². The summed E-state index contributed by atoms with van der Waals surface area (Å²) < 4.78 is 2.11. The molecule has 2 heterocycles. The molecular formula is C13H14N4S. The average molecular weight is 258 g/mol. The van der Waals surface area contributed by atoms with Crippen molar-refractivity contribution in [3.05, 3.63) is 40.7 Å². The summed E-state index contributed by atoms with van der Waals surface area (Å²) >= 11 is 1.47. The maximum absolute atomic E-state index is 5.65. The van der Waals surface area contributed by atoms with Gasteiger partial charge in [-0.2, -0.15) is 0 Å². The molecular weight excluding hydrogens is 244 g/mol. The van der Waals surface area contributed by atoms with E-state index in [0.29, 0.717) is 11.7 Å². The van der Waals surface area contributed by atoms with Crippen molar-refractivity contribution in [1.29, 1.82) is 0 Å². The van der Waals surface area contributed by atoms with Gasteiger partial charge in [0.15, 0.2) is 5.13 Å². The molecule has 3 aromatic rings. The molecule has 2 aromatic heterocycles. The maximum Gasteiger partial charge on any atom is 0.180 e. The Balaban J connectivity index is 2.04. The van der Waals surface area contributed by atoms with Gasteiger partial charge in [0.2, 0.25) is 0 Å². The number of nitrogen functional groups attached to an aromatic ring is 1. The molecule has 3 rings (SSSR count). The lowest BCUT2D eigenvalue weighted by molar-refractivity contribution is 0.804. The summed E-state index contributed by atoms with van der Waals surface area (Å²) in [5.74, 6) is 0. The van der Waals surface area contributed by atoms with Gasteiger partial charge in [-0.3, -0.25) is 0 Å². The van der Waals surface area contributed by atoms with E-state index in [1.807, 2.05) is 11.7 Å². The minimum Gasteiger partial charge on any atom is -0.375 e. The SMILES string of the molecule is Cc1cc2ncn(Cc3csc(N)n3)c2cc1C. The van der Waals surface area contributed by atoms with Crippen LogP contribution in [0.15, 0.2) is 23.8 Å². The molecule has 0 fully saturated rings. The van der Waals surface area contributed by atoms with E-state index in [9.17, 15) is 0 Å². The van der Waals surface area contributed by atoms with E-state index in [1.54, 1.807) is 0 Å². The zero-order chi connectivity index (χ0) is 12.7. The van der Waals surface area contributed by atoms with Crippen molar-refractivity contribution < 1.29 is 0 Å². The Labute approximate surface area is 109 Å². The van der Waals surface area contributed by atoms with Gasteiger partial charge in [-0.15, -0.1) is 11.3 Å². The van der Waals surface area contributed by atoms with Gasteiger partial charge in [0.1, 0.15) is 0 Å². The third-order valence-corrected chi connectivity index (χ3v) is 3.86. The highest BCUT2D eigenvalue weighted by Crippen LogP contribution is 2.20. The van der Waals surface area contributed by atoms with Crippen molar-refractivity contribution >= 4 is 27.5 Å². The van der Waals surface area contributed by atoms with Gasteiger partial charge in [-0.25, -0.2) is 9.97 Å². The third kappa shape index (κ3) is 1.86. The lowest BCUT2D eigenvalue weighted by Gasteiger charge is -2.04. The summed E-state index contributed by atoms with van der Waals surface area (Å²) in [5, 5.41) is 2.60. The van der Waals surface area contributed by atoms with Crippen LogP contribution in [0.5, 0.6) is 0 Å². The second-order valence-corrected chi connectivity index (χ2v) is 5.36. The number of aromatic nitrogens is 3. The van der Waals surface area contributed by atoms with E-state index < -0.39 is 0 Å². The fourth-order valence-corrected chi connectivity index (χ4v) is 2.56. The molecule has 0 spiro atoms. The van der Waals surface area contributed by atoms with Gasteiger partial charge < -0.3 is 10.3 Å². The maximum atomic E-state index is 5.65. The Morgan fingerprint density at radius 3 is 2.78 bits per heavy atom. The highest BCUT2D eigenvalue weighted by Gasteiger charge is 2.07. The van der Waals surface area contributed by atoms with E-state index in [2.05, 4.69) is 40.5 Å². The van der Waals surface area contributed by atoms with E-state index in [1.165, 1.54) is 22.5 Å². The molecule has 0 saturated carbocycles. The van der Waals surface area contributed by atoms with Crippen molar-refractivity contribution in [1.82, 2.24) is 14.5 Å². The lowest BCUT2D eigenvalue weighted by Crippen LogP contribution is -1.99. The normalized spacial score (nSPS) is 11.2. The molecule has 0 aliphatic rings. The van der Waals surface area contributed by atoms with Crippen molar-refractivity contribution in [2.75, 3.05) is 5.73 Å². The van der Waals surface area contributed by atoms with Crippen molar-refractivity contribution in [3.63, 3.8) is 0 Å². The lowest BCUT2D eigenvalue weighted by atomic mass is 10.1. The molecule has 0 radical (unpaired) electrons. The second kappa shape index (κ2) is 4.10. The van der Waals surface area contributed by atoms with Crippen LogP contribution < -0.4 is 5.73 Å². The van der Waals surface area contributed by atoms with Crippen LogP contribution in [0.3, 0.4) is 0 Å². The highest BCUT2D eigenvalue weighted by atomic mass is 32.1. The third-order valence-electron chi connectivity index (χ3n) is 3.14. The topological polar surface area (TPSA) is 56.7 Å². The summed E-state index contributed by atoms with van der Waals surface area (Å²) in [6.07, 6.45) is 1.86. The van der Waals surface area contributed by atoms with Gasteiger partial charge in [-0.05, 0) is 37.1 Å². The summed E-state index contributed by atoms with van der Waals surface area (Å²) in [4.78, 5) is 8.71. The Bertz CT molecular complexity index is 711. The molecule has 4 nitrogen and oxygen atoms in total. The number of thiazole rings is 1. The summed E-state index contributed by atoms with van der Waals surface area (Å²) in [6, 6.07) is 4.30. The van der Waals surface area contributed by atoms with Crippen molar-refractivity contribution in [2.45, 2.75) is 20.4 Å². The van der Waals surface area contributed by atoms with Crippen LogP contribution in [0.1, 0.15) is 16.8 Å². The van der Waals surface area contributed by atoms with Gasteiger partial charge in [0, 0.05) is 5.38 Å². The zero-order valence-electron chi connectivity index (χ0n) is 10.3. The van der Waals surface area contributed by atoms with Gasteiger partial charge in [-0.1, -0.05) is 0 Å². The highest BCUT2D eigenvalue weighted by molar-refractivity contribution is 7.13. The number of nitrogens with zero attached hydrogens (tertiary/aromatic N) is 3. The van der Waals surface area contributed by atoms with Crippen LogP contribution >= 0.6 is 11.3 Å². The number of rotatable bonds is 2. The molecule has 5 heteroatoms. The number of fused-ring (bicyclic) bond motifs is 1. The molecule has 1 aromatic carbocycles. The first-order chi connectivity index (χ1) is 8.63. The molecule has 0 amide bonds. The van der Waals surface area contributed by atoms with Crippen LogP contribution in [-0.2, 0) is 6.54 Å². The molecule has 92 valence electrons. The summed E-state index contributed by atoms with van der Waals surface area (Å²) in [7, 11) is 0. The fraction of sp³-hybridized carbons (Fsp3) is 0.231. The first-order valence-electron chi connectivity index (χ1n) is 5.75. The average Bonchev–Trinajstić information content (AvgIpc) is 2.89. The summed E-state index contributed by atoms with van der Waals surface area (Å²) in [5.41, 5.74) is 11.3. The number of benzene rings is 1. The van der Waals surface area contributed by atoms with Crippen LogP contribution in [0.4, 0.5) is 5.13 Å². The predicted octanol–water partition coefficient (Wildman–Crippen LogP) is 2.74.